The minimum absolute atomic E-state index is 0.323. The van der Waals surface area contributed by atoms with E-state index in [9.17, 15) is 4.79 Å². The molecule has 116 valence electrons. The van der Waals surface area contributed by atoms with Crippen molar-refractivity contribution in [3.63, 3.8) is 0 Å². The van der Waals surface area contributed by atoms with Crippen LogP contribution in [0.15, 0.2) is 36.5 Å². The average molecular weight is 311 g/mol. The smallest absolute Gasteiger partial charge is 0.409 e. The van der Waals surface area contributed by atoms with Gasteiger partial charge in [-0.2, -0.15) is 0 Å². The standard InChI is InChI=1S/C14H13N7O2/c1-21-12(18-19-20-21)7-11-15-8-10(16-14(22)23)13(17-11)9-5-3-2-4-6-9/h2-6,8,16H,7H2,1H3,(H,22,23). The zero-order chi connectivity index (χ0) is 16.2. The molecule has 0 aliphatic carbocycles. The summed E-state index contributed by atoms with van der Waals surface area (Å²) >= 11 is 0. The first-order valence-electron chi connectivity index (χ1n) is 6.76. The van der Waals surface area contributed by atoms with Crippen molar-refractivity contribution < 1.29 is 9.90 Å². The molecular formula is C14H13N7O2. The molecule has 0 saturated heterocycles. The van der Waals surface area contributed by atoms with Crippen LogP contribution in [0.25, 0.3) is 11.3 Å². The highest BCUT2D eigenvalue weighted by atomic mass is 16.4. The molecule has 3 aromatic rings. The Morgan fingerprint density at radius 1 is 1.30 bits per heavy atom. The van der Waals surface area contributed by atoms with Gasteiger partial charge in [0.05, 0.1) is 24.0 Å². The van der Waals surface area contributed by atoms with E-state index in [1.807, 2.05) is 30.3 Å². The molecular weight excluding hydrogens is 298 g/mol. The second-order valence-electron chi connectivity index (χ2n) is 4.74. The van der Waals surface area contributed by atoms with Crippen molar-refractivity contribution >= 4 is 11.8 Å². The first kappa shape index (κ1) is 14.6. The Bertz CT molecular complexity index is 832. The SMILES string of the molecule is Cn1nnnc1Cc1ncc(NC(=O)O)c(-c2ccccc2)n1. The summed E-state index contributed by atoms with van der Waals surface area (Å²) in [5, 5.41) is 22.5. The van der Waals surface area contributed by atoms with E-state index in [1.165, 1.54) is 10.9 Å². The number of rotatable bonds is 4. The van der Waals surface area contributed by atoms with Gasteiger partial charge in [-0.3, -0.25) is 5.32 Å². The van der Waals surface area contributed by atoms with Gasteiger partial charge in [0, 0.05) is 12.6 Å². The number of nitrogens with one attached hydrogen (secondary N) is 1. The third kappa shape index (κ3) is 3.28. The zero-order valence-corrected chi connectivity index (χ0v) is 12.2. The van der Waals surface area contributed by atoms with Gasteiger partial charge in [0.2, 0.25) is 0 Å². The van der Waals surface area contributed by atoms with E-state index < -0.39 is 6.09 Å². The number of aryl methyl sites for hydroxylation is 1. The number of carboxylic acid groups (broad SMARTS) is 1. The lowest BCUT2D eigenvalue weighted by molar-refractivity contribution is 0.209. The fourth-order valence-electron chi connectivity index (χ4n) is 2.07. The molecule has 0 spiro atoms. The van der Waals surface area contributed by atoms with Crippen LogP contribution in [0.3, 0.4) is 0 Å². The third-order valence-corrected chi connectivity index (χ3v) is 3.15. The topological polar surface area (TPSA) is 119 Å². The van der Waals surface area contributed by atoms with Gasteiger partial charge < -0.3 is 5.11 Å². The molecule has 0 saturated carbocycles. The summed E-state index contributed by atoms with van der Waals surface area (Å²) in [5.41, 5.74) is 1.62. The van der Waals surface area contributed by atoms with Gasteiger partial charge in [0.15, 0.2) is 5.82 Å². The van der Waals surface area contributed by atoms with Crippen molar-refractivity contribution in [2.24, 2.45) is 7.05 Å². The van der Waals surface area contributed by atoms with Gasteiger partial charge in [-0.1, -0.05) is 30.3 Å². The molecule has 1 aromatic carbocycles. The number of hydrogen-bond donors (Lipinski definition) is 2. The summed E-state index contributed by atoms with van der Waals surface area (Å²) in [6.45, 7) is 0. The second kappa shape index (κ2) is 6.18. The Morgan fingerprint density at radius 3 is 2.74 bits per heavy atom. The van der Waals surface area contributed by atoms with Gasteiger partial charge in [0.1, 0.15) is 5.82 Å². The average Bonchev–Trinajstić information content (AvgIpc) is 2.94. The van der Waals surface area contributed by atoms with Crippen LogP contribution in [-0.4, -0.2) is 41.4 Å². The first-order valence-corrected chi connectivity index (χ1v) is 6.76. The van der Waals surface area contributed by atoms with Crippen molar-refractivity contribution in [3.8, 4) is 11.3 Å². The molecule has 0 bridgehead atoms. The fourth-order valence-corrected chi connectivity index (χ4v) is 2.07. The van der Waals surface area contributed by atoms with Gasteiger partial charge in [0.25, 0.3) is 0 Å². The molecule has 23 heavy (non-hydrogen) atoms. The van der Waals surface area contributed by atoms with Crippen LogP contribution >= 0.6 is 0 Å². The van der Waals surface area contributed by atoms with Crippen LogP contribution in [0.2, 0.25) is 0 Å². The summed E-state index contributed by atoms with van der Waals surface area (Å²) in [4.78, 5) is 19.6. The lowest BCUT2D eigenvalue weighted by Gasteiger charge is -2.10. The Hall–Kier alpha value is -3.36. The first-order chi connectivity index (χ1) is 11.1. The third-order valence-electron chi connectivity index (χ3n) is 3.15. The number of anilines is 1. The number of tetrazole rings is 1. The van der Waals surface area contributed by atoms with E-state index in [1.54, 1.807) is 7.05 Å². The zero-order valence-electron chi connectivity index (χ0n) is 12.2. The van der Waals surface area contributed by atoms with Gasteiger partial charge >= 0.3 is 6.09 Å². The van der Waals surface area contributed by atoms with E-state index in [-0.39, 0.29) is 0 Å². The molecule has 1 amide bonds. The second-order valence-corrected chi connectivity index (χ2v) is 4.74. The number of carbonyl (C=O) groups is 1. The quantitative estimate of drug-likeness (QED) is 0.746. The number of hydrogen-bond acceptors (Lipinski definition) is 6. The predicted octanol–water partition coefficient (Wildman–Crippen LogP) is 1.35. The van der Waals surface area contributed by atoms with E-state index in [0.29, 0.717) is 29.5 Å². The van der Waals surface area contributed by atoms with E-state index >= 15 is 0 Å². The van der Waals surface area contributed by atoms with Crippen LogP contribution in [-0.2, 0) is 13.5 Å². The summed E-state index contributed by atoms with van der Waals surface area (Å²) in [5.74, 6) is 1.11. The minimum Gasteiger partial charge on any atom is -0.465 e. The molecule has 0 fully saturated rings. The monoisotopic (exact) mass is 311 g/mol. The Morgan fingerprint density at radius 2 is 2.09 bits per heavy atom. The maximum absolute atomic E-state index is 10.9. The van der Waals surface area contributed by atoms with Crippen LogP contribution in [0.1, 0.15) is 11.6 Å². The molecule has 2 N–H and O–H groups in total. The molecule has 2 aromatic heterocycles. The highest BCUT2D eigenvalue weighted by molar-refractivity contribution is 5.88. The van der Waals surface area contributed by atoms with Gasteiger partial charge in [-0.05, 0) is 10.4 Å². The van der Waals surface area contributed by atoms with E-state index in [0.717, 1.165) is 5.56 Å². The van der Waals surface area contributed by atoms with E-state index in [2.05, 4.69) is 30.8 Å². The molecule has 0 atom stereocenters. The molecule has 0 radical (unpaired) electrons. The van der Waals surface area contributed by atoms with Crippen molar-refractivity contribution in [3.05, 3.63) is 48.2 Å². The minimum atomic E-state index is -1.17. The van der Waals surface area contributed by atoms with Crippen LogP contribution in [0.5, 0.6) is 0 Å². The van der Waals surface area contributed by atoms with Crippen LogP contribution < -0.4 is 5.32 Å². The molecule has 3 rings (SSSR count). The van der Waals surface area contributed by atoms with Crippen molar-refractivity contribution in [1.82, 2.24) is 30.2 Å². The lowest BCUT2D eigenvalue weighted by Crippen LogP contribution is -2.11. The Labute approximate surface area is 131 Å². The molecule has 9 heteroatoms. The van der Waals surface area contributed by atoms with Crippen LogP contribution in [0, 0.1) is 0 Å². The molecule has 0 unspecified atom stereocenters. The Kier molecular flexibility index (Phi) is 3.91. The van der Waals surface area contributed by atoms with Crippen molar-refractivity contribution in [1.29, 1.82) is 0 Å². The molecule has 0 aliphatic heterocycles. The maximum Gasteiger partial charge on any atom is 0.409 e. The number of amides is 1. The number of aromatic nitrogens is 6. The Balaban J connectivity index is 2.01. The van der Waals surface area contributed by atoms with Gasteiger partial charge in [-0.25, -0.2) is 19.4 Å². The summed E-state index contributed by atoms with van der Waals surface area (Å²) in [6, 6.07) is 9.29. The van der Waals surface area contributed by atoms with Crippen molar-refractivity contribution in [2.75, 3.05) is 5.32 Å². The molecule has 2 heterocycles. The molecule has 0 aliphatic rings. The summed E-state index contributed by atoms with van der Waals surface area (Å²) < 4.78 is 1.54. The fraction of sp³-hybridized carbons (Fsp3) is 0.143. The number of benzene rings is 1. The molecule has 9 nitrogen and oxygen atoms in total. The predicted molar refractivity (Wildman–Crippen MR) is 80.7 cm³/mol. The summed E-state index contributed by atoms with van der Waals surface area (Å²) in [7, 11) is 1.73. The lowest BCUT2D eigenvalue weighted by atomic mass is 10.1. The highest BCUT2D eigenvalue weighted by Gasteiger charge is 2.13. The highest BCUT2D eigenvalue weighted by Crippen LogP contribution is 2.25. The normalized spacial score (nSPS) is 10.5. The van der Waals surface area contributed by atoms with Gasteiger partial charge in [-0.15, -0.1) is 5.10 Å². The van der Waals surface area contributed by atoms with Crippen LogP contribution in [0.4, 0.5) is 10.5 Å². The largest absolute Gasteiger partial charge is 0.465 e. The van der Waals surface area contributed by atoms with E-state index in [4.69, 9.17) is 5.11 Å². The maximum atomic E-state index is 10.9. The summed E-state index contributed by atoms with van der Waals surface area (Å²) in [6.07, 6.45) is 0.621. The van der Waals surface area contributed by atoms with Crippen molar-refractivity contribution in [2.45, 2.75) is 6.42 Å². The number of nitrogens with zero attached hydrogens (tertiary/aromatic N) is 6.